The highest BCUT2D eigenvalue weighted by molar-refractivity contribution is 8.02. The van der Waals surface area contributed by atoms with Gasteiger partial charge >= 0.3 is 5.97 Å². The Kier molecular flexibility index (Phi) is 9.05. The lowest BCUT2D eigenvalue weighted by molar-refractivity contribution is -0.163. The third kappa shape index (κ3) is 5.47. The maximum Gasteiger partial charge on any atom is 0.344 e. The zero-order valence-corrected chi connectivity index (χ0v) is 26.7. The minimum atomic E-state index is -1.52. The standard InChI is InChI=1S/C33H35ClN2O7S/c1-18-12-13-24(26(34)19(18)2)28(39)27(38)20(3)23-11-8-14-36(30(23)41)33(32(42)43-4)17-35-29(40)25(31(35)44-33)16-22(37)15-21-9-6-5-7-10-21/h5-7,9-10,12-13,20,23,25,31H,8,11,14-17H2,1-4H3/t20?,23?,25-,31?,33-/m1/s1. The number of esters is 1. The summed E-state index contributed by atoms with van der Waals surface area (Å²) < 4.78 is 5.17. The van der Waals surface area contributed by atoms with Crippen LogP contribution in [0.4, 0.5) is 0 Å². The number of amides is 2. The van der Waals surface area contributed by atoms with Crippen LogP contribution < -0.4 is 0 Å². The molecule has 3 fully saturated rings. The maximum absolute atomic E-state index is 14.0. The lowest BCUT2D eigenvalue weighted by Crippen LogP contribution is -2.62. The van der Waals surface area contributed by atoms with Crippen LogP contribution in [0, 0.1) is 31.6 Å². The molecule has 5 atom stereocenters. The van der Waals surface area contributed by atoms with Crippen molar-refractivity contribution in [1.29, 1.82) is 0 Å². The van der Waals surface area contributed by atoms with E-state index in [0.717, 1.165) is 22.9 Å². The average Bonchev–Trinajstić information content (AvgIpc) is 3.39. The molecule has 3 unspecified atom stereocenters. The molecule has 0 spiro atoms. The minimum Gasteiger partial charge on any atom is -0.467 e. The third-order valence-electron chi connectivity index (χ3n) is 9.21. The van der Waals surface area contributed by atoms with Gasteiger partial charge in [0.1, 0.15) is 5.78 Å². The van der Waals surface area contributed by atoms with Gasteiger partial charge in [-0.15, -0.1) is 0 Å². The van der Waals surface area contributed by atoms with Crippen molar-refractivity contribution >= 4 is 58.5 Å². The number of carbonyl (C=O) groups excluding carboxylic acids is 6. The van der Waals surface area contributed by atoms with E-state index in [1.165, 1.54) is 23.0 Å². The van der Waals surface area contributed by atoms with Gasteiger partial charge in [0.15, 0.2) is 0 Å². The van der Waals surface area contributed by atoms with Gasteiger partial charge in [0.25, 0.3) is 0 Å². The van der Waals surface area contributed by atoms with E-state index in [2.05, 4.69) is 0 Å². The van der Waals surface area contributed by atoms with E-state index in [1.54, 1.807) is 19.9 Å². The van der Waals surface area contributed by atoms with Crippen molar-refractivity contribution in [2.45, 2.75) is 56.7 Å². The van der Waals surface area contributed by atoms with Crippen molar-refractivity contribution in [2.75, 3.05) is 20.2 Å². The van der Waals surface area contributed by atoms with E-state index in [1.807, 2.05) is 37.3 Å². The van der Waals surface area contributed by atoms with Gasteiger partial charge in [0, 0.05) is 36.8 Å². The fraction of sp³-hybridized carbons (Fsp3) is 0.455. The lowest BCUT2D eigenvalue weighted by Gasteiger charge is -2.43. The SMILES string of the molecule is COC(=O)[C@@]1(N2CCCC(C(C)C(=O)C(=O)c3ccc(C)c(C)c3Cl)C2=O)CN2C(=O)[C@@H](CC(=O)Cc3ccccc3)C2S1. The van der Waals surface area contributed by atoms with Crippen molar-refractivity contribution < 1.29 is 33.5 Å². The molecular weight excluding hydrogens is 604 g/mol. The van der Waals surface area contributed by atoms with E-state index in [9.17, 15) is 28.8 Å². The second kappa shape index (κ2) is 12.5. The number of halogens is 1. The van der Waals surface area contributed by atoms with Crippen LogP contribution in [-0.4, -0.2) is 75.4 Å². The molecule has 3 aliphatic rings. The van der Waals surface area contributed by atoms with Gasteiger partial charge in [-0.2, -0.15) is 0 Å². The molecule has 3 saturated heterocycles. The first-order valence-corrected chi connectivity index (χ1v) is 15.9. The second-order valence-electron chi connectivity index (χ2n) is 11.9. The molecule has 232 valence electrons. The van der Waals surface area contributed by atoms with Crippen LogP contribution in [0.1, 0.15) is 53.2 Å². The highest BCUT2D eigenvalue weighted by Crippen LogP contribution is 2.53. The lowest BCUT2D eigenvalue weighted by atomic mass is 9.80. The van der Waals surface area contributed by atoms with E-state index >= 15 is 0 Å². The van der Waals surface area contributed by atoms with Gasteiger partial charge in [0.2, 0.25) is 28.3 Å². The Morgan fingerprint density at radius 1 is 1.07 bits per heavy atom. The fourth-order valence-corrected chi connectivity index (χ4v) is 8.52. The molecule has 11 heteroatoms. The summed E-state index contributed by atoms with van der Waals surface area (Å²) in [5.41, 5.74) is 2.55. The number of piperidine rings is 1. The topological polar surface area (TPSA) is 118 Å². The number of benzene rings is 2. The number of hydrogen-bond donors (Lipinski definition) is 0. The van der Waals surface area contributed by atoms with Crippen LogP contribution in [0.2, 0.25) is 5.02 Å². The largest absolute Gasteiger partial charge is 0.467 e. The van der Waals surface area contributed by atoms with E-state index in [0.29, 0.717) is 18.4 Å². The van der Waals surface area contributed by atoms with Gasteiger partial charge in [-0.3, -0.25) is 24.0 Å². The number of aryl methyl sites for hydroxylation is 1. The van der Waals surface area contributed by atoms with E-state index in [-0.39, 0.29) is 48.2 Å². The molecule has 2 aromatic carbocycles. The molecule has 5 rings (SSSR count). The maximum atomic E-state index is 14.0. The molecule has 0 radical (unpaired) electrons. The normalized spacial score (nSPS) is 25.2. The second-order valence-corrected chi connectivity index (χ2v) is 13.6. The molecule has 2 aromatic rings. The van der Waals surface area contributed by atoms with Gasteiger partial charge in [-0.25, -0.2) is 4.79 Å². The first-order chi connectivity index (χ1) is 20.9. The van der Waals surface area contributed by atoms with Gasteiger partial charge in [-0.1, -0.05) is 66.7 Å². The quantitative estimate of drug-likeness (QED) is 0.165. The van der Waals surface area contributed by atoms with Crippen molar-refractivity contribution in [3.8, 4) is 0 Å². The molecular formula is C33H35ClN2O7S. The number of methoxy groups -OCH3 is 1. The van der Waals surface area contributed by atoms with Crippen LogP contribution in [-0.2, 0) is 35.1 Å². The molecule has 3 aliphatic heterocycles. The summed E-state index contributed by atoms with van der Waals surface area (Å²) in [5, 5.41) is -0.257. The first kappa shape index (κ1) is 31.9. The van der Waals surface area contributed by atoms with Crippen LogP contribution in [0.3, 0.4) is 0 Å². The predicted octanol–water partition coefficient (Wildman–Crippen LogP) is 4.19. The summed E-state index contributed by atoms with van der Waals surface area (Å²) in [6.45, 7) is 5.33. The Morgan fingerprint density at radius 2 is 1.77 bits per heavy atom. The van der Waals surface area contributed by atoms with Crippen LogP contribution in [0.5, 0.6) is 0 Å². The molecule has 0 N–H and O–H groups in total. The summed E-state index contributed by atoms with van der Waals surface area (Å²) in [6, 6.07) is 12.5. The summed E-state index contributed by atoms with van der Waals surface area (Å²) in [5.74, 6) is -5.34. The number of β-lactam (4-membered cyclic amide) rings is 1. The van der Waals surface area contributed by atoms with Gasteiger partial charge in [-0.05, 0) is 49.4 Å². The van der Waals surface area contributed by atoms with Crippen LogP contribution in [0.25, 0.3) is 0 Å². The molecule has 0 bridgehead atoms. The average molecular weight is 639 g/mol. The van der Waals surface area contributed by atoms with Crippen molar-refractivity contribution in [2.24, 2.45) is 17.8 Å². The Labute approximate surface area is 265 Å². The molecule has 0 aliphatic carbocycles. The molecule has 3 heterocycles. The zero-order valence-electron chi connectivity index (χ0n) is 25.1. The Hall–Kier alpha value is -3.50. The Bertz CT molecular complexity index is 1550. The predicted molar refractivity (Wildman–Crippen MR) is 165 cm³/mol. The fourth-order valence-electron chi connectivity index (χ4n) is 6.44. The Morgan fingerprint density at radius 3 is 2.45 bits per heavy atom. The Balaban J connectivity index is 1.33. The van der Waals surface area contributed by atoms with Crippen LogP contribution in [0.15, 0.2) is 42.5 Å². The number of thioether (sulfide) groups is 1. The number of rotatable bonds is 10. The summed E-state index contributed by atoms with van der Waals surface area (Å²) >= 11 is 7.56. The number of ketones is 3. The number of ether oxygens (including phenoxy) is 1. The zero-order chi connectivity index (χ0) is 31.9. The smallest absolute Gasteiger partial charge is 0.344 e. The number of Topliss-reactive ketones (excluding diaryl/α,β-unsaturated/α-hetero) is 3. The highest BCUT2D eigenvalue weighted by Gasteiger charge is 2.66. The first-order valence-electron chi connectivity index (χ1n) is 14.7. The third-order valence-corrected chi connectivity index (χ3v) is 11.4. The van der Waals surface area contributed by atoms with Crippen molar-refractivity contribution in [3.63, 3.8) is 0 Å². The van der Waals surface area contributed by atoms with Crippen molar-refractivity contribution in [3.05, 3.63) is 69.7 Å². The van der Waals surface area contributed by atoms with E-state index in [4.69, 9.17) is 16.3 Å². The molecule has 2 amide bonds. The number of nitrogens with zero attached hydrogens (tertiary/aromatic N) is 2. The van der Waals surface area contributed by atoms with Crippen LogP contribution >= 0.6 is 23.4 Å². The summed E-state index contributed by atoms with van der Waals surface area (Å²) in [4.78, 5) is 81.5. The summed E-state index contributed by atoms with van der Waals surface area (Å²) in [7, 11) is 1.23. The van der Waals surface area contributed by atoms with E-state index < -0.39 is 51.4 Å². The number of likely N-dealkylation sites (tertiary alicyclic amines) is 1. The van der Waals surface area contributed by atoms with Gasteiger partial charge in [0.05, 0.1) is 30.0 Å². The molecule has 9 nitrogen and oxygen atoms in total. The minimum absolute atomic E-state index is 0.0322. The van der Waals surface area contributed by atoms with Gasteiger partial charge < -0.3 is 14.5 Å². The molecule has 0 aromatic heterocycles. The van der Waals surface area contributed by atoms with Crippen molar-refractivity contribution in [1.82, 2.24) is 9.80 Å². The number of carbonyl (C=O) groups is 6. The monoisotopic (exact) mass is 638 g/mol. The number of hydrogen-bond acceptors (Lipinski definition) is 8. The highest BCUT2D eigenvalue weighted by atomic mass is 35.5. The molecule has 0 saturated carbocycles. The number of fused-ring (bicyclic) bond motifs is 1. The summed E-state index contributed by atoms with van der Waals surface area (Å²) in [6.07, 6.45) is 1.09. The molecule has 44 heavy (non-hydrogen) atoms.